The van der Waals surface area contributed by atoms with Gasteiger partial charge >= 0.3 is 0 Å². The molecule has 2 rings (SSSR count). The van der Waals surface area contributed by atoms with Crippen LogP contribution in [0.25, 0.3) is 0 Å². The molecule has 0 aromatic heterocycles. The lowest BCUT2D eigenvalue weighted by Crippen LogP contribution is -2.18. The zero-order chi connectivity index (χ0) is 15.2. The second-order valence-corrected chi connectivity index (χ2v) is 5.61. The highest BCUT2D eigenvalue weighted by Gasteiger charge is 2.14. The molecule has 0 saturated carbocycles. The quantitative estimate of drug-likeness (QED) is 0.857. The van der Waals surface area contributed by atoms with Gasteiger partial charge in [-0.2, -0.15) is 0 Å². The van der Waals surface area contributed by atoms with Crippen LogP contribution in [0.4, 0.5) is 0 Å². The summed E-state index contributed by atoms with van der Waals surface area (Å²) in [6.07, 6.45) is 2.12. The van der Waals surface area contributed by atoms with Gasteiger partial charge in [0.2, 0.25) is 0 Å². The molecule has 1 N–H and O–H groups in total. The molecule has 1 unspecified atom stereocenters. The molecule has 0 aliphatic heterocycles. The predicted molar refractivity (Wildman–Crippen MR) is 89.0 cm³/mol. The molecular weight excluding hydrogens is 258 g/mol. The van der Waals surface area contributed by atoms with Crippen molar-refractivity contribution >= 4 is 0 Å². The second kappa shape index (κ2) is 7.28. The average molecular weight is 283 g/mol. The number of ether oxygens (including phenoxy) is 1. The van der Waals surface area contributed by atoms with Gasteiger partial charge in [0, 0.05) is 11.6 Å². The Bertz CT molecular complexity index is 592. The summed E-state index contributed by atoms with van der Waals surface area (Å²) in [5.74, 6) is 0.962. The predicted octanol–water partition coefficient (Wildman–Crippen LogP) is 4.21. The summed E-state index contributed by atoms with van der Waals surface area (Å²) in [4.78, 5) is 0. The van der Waals surface area contributed by atoms with Crippen molar-refractivity contribution in [2.75, 3.05) is 14.2 Å². The molecule has 112 valence electrons. The molecule has 0 heterocycles. The minimum atomic E-state index is 0.306. The zero-order valence-corrected chi connectivity index (χ0v) is 13.4. The first-order valence-corrected chi connectivity index (χ1v) is 7.51. The molecular formula is C19H25NO. The normalized spacial score (nSPS) is 12.2. The first-order valence-electron chi connectivity index (χ1n) is 7.51. The molecule has 0 aliphatic carbocycles. The fourth-order valence-electron chi connectivity index (χ4n) is 2.76. The van der Waals surface area contributed by atoms with E-state index in [1.54, 1.807) is 7.11 Å². The number of hydrogen-bond acceptors (Lipinski definition) is 2. The summed E-state index contributed by atoms with van der Waals surface area (Å²) in [6, 6.07) is 15.4. The maximum atomic E-state index is 5.51. The molecule has 2 aromatic rings. The Morgan fingerprint density at radius 2 is 1.81 bits per heavy atom. The highest BCUT2D eigenvalue weighted by Crippen LogP contribution is 2.29. The molecule has 0 bridgehead atoms. The zero-order valence-electron chi connectivity index (χ0n) is 13.4. The van der Waals surface area contributed by atoms with Crippen LogP contribution in [0, 0.1) is 13.8 Å². The lowest BCUT2D eigenvalue weighted by Gasteiger charge is -2.20. The Labute approximate surface area is 128 Å². The van der Waals surface area contributed by atoms with E-state index in [-0.39, 0.29) is 0 Å². The van der Waals surface area contributed by atoms with E-state index in [1.165, 1.54) is 22.3 Å². The van der Waals surface area contributed by atoms with Crippen molar-refractivity contribution in [3.8, 4) is 5.75 Å². The van der Waals surface area contributed by atoms with Gasteiger partial charge in [-0.05, 0) is 45.4 Å². The van der Waals surface area contributed by atoms with E-state index in [9.17, 15) is 0 Å². The molecule has 0 saturated heterocycles. The van der Waals surface area contributed by atoms with E-state index in [0.717, 1.165) is 18.6 Å². The highest BCUT2D eigenvalue weighted by molar-refractivity contribution is 5.39. The van der Waals surface area contributed by atoms with Crippen molar-refractivity contribution in [3.63, 3.8) is 0 Å². The van der Waals surface area contributed by atoms with Crippen LogP contribution in [0.3, 0.4) is 0 Å². The number of hydrogen-bond donors (Lipinski definition) is 1. The van der Waals surface area contributed by atoms with Crippen molar-refractivity contribution in [2.24, 2.45) is 0 Å². The fraction of sp³-hybridized carbons (Fsp3) is 0.368. The first-order chi connectivity index (χ1) is 10.1. The van der Waals surface area contributed by atoms with E-state index in [4.69, 9.17) is 4.74 Å². The minimum absolute atomic E-state index is 0.306. The SMILES string of the molecule is CNC(CCc1cccc(C)c1)c1cc(C)ccc1OC. The standard InChI is InChI=1S/C19H25NO/c1-14-6-5-7-16(12-14)9-10-18(20-3)17-13-15(2)8-11-19(17)21-4/h5-8,11-13,18,20H,9-10H2,1-4H3. The smallest absolute Gasteiger partial charge is 0.123 e. The van der Waals surface area contributed by atoms with Gasteiger partial charge in [0.05, 0.1) is 7.11 Å². The van der Waals surface area contributed by atoms with Crippen LogP contribution in [0.1, 0.15) is 34.7 Å². The molecule has 2 heteroatoms. The summed E-state index contributed by atoms with van der Waals surface area (Å²) in [7, 11) is 3.75. The summed E-state index contributed by atoms with van der Waals surface area (Å²) in [5, 5.41) is 3.43. The Kier molecular flexibility index (Phi) is 5.40. The van der Waals surface area contributed by atoms with Crippen LogP contribution >= 0.6 is 0 Å². The maximum absolute atomic E-state index is 5.51. The third kappa shape index (κ3) is 4.08. The molecule has 21 heavy (non-hydrogen) atoms. The molecule has 0 radical (unpaired) electrons. The van der Waals surface area contributed by atoms with Gasteiger partial charge in [-0.25, -0.2) is 0 Å². The number of methoxy groups -OCH3 is 1. The van der Waals surface area contributed by atoms with Crippen molar-refractivity contribution in [3.05, 3.63) is 64.7 Å². The first kappa shape index (κ1) is 15.6. The van der Waals surface area contributed by atoms with Crippen molar-refractivity contribution in [2.45, 2.75) is 32.7 Å². The average Bonchev–Trinajstić information content (AvgIpc) is 2.48. The summed E-state index contributed by atoms with van der Waals surface area (Å²) in [6.45, 7) is 4.26. The Hall–Kier alpha value is -1.80. The molecule has 0 aliphatic rings. The molecule has 0 amide bonds. The molecule has 0 spiro atoms. The fourth-order valence-corrected chi connectivity index (χ4v) is 2.76. The van der Waals surface area contributed by atoms with Gasteiger partial charge in [-0.1, -0.05) is 47.5 Å². The van der Waals surface area contributed by atoms with Gasteiger partial charge in [-0.15, -0.1) is 0 Å². The van der Waals surface area contributed by atoms with Crippen LogP contribution < -0.4 is 10.1 Å². The van der Waals surface area contributed by atoms with Crippen molar-refractivity contribution < 1.29 is 4.74 Å². The number of aryl methyl sites for hydroxylation is 3. The van der Waals surface area contributed by atoms with Gasteiger partial charge in [-0.3, -0.25) is 0 Å². The largest absolute Gasteiger partial charge is 0.496 e. The van der Waals surface area contributed by atoms with Crippen LogP contribution in [0.15, 0.2) is 42.5 Å². The van der Waals surface area contributed by atoms with Gasteiger partial charge < -0.3 is 10.1 Å². The summed E-state index contributed by atoms with van der Waals surface area (Å²) < 4.78 is 5.51. The highest BCUT2D eigenvalue weighted by atomic mass is 16.5. The number of benzene rings is 2. The third-order valence-electron chi connectivity index (χ3n) is 3.91. The van der Waals surface area contributed by atoms with Crippen LogP contribution in [-0.4, -0.2) is 14.2 Å². The van der Waals surface area contributed by atoms with Crippen molar-refractivity contribution in [1.82, 2.24) is 5.32 Å². The lowest BCUT2D eigenvalue weighted by atomic mass is 9.96. The van der Waals surface area contributed by atoms with E-state index >= 15 is 0 Å². The van der Waals surface area contributed by atoms with E-state index in [1.807, 2.05) is 7.05 Å². The van der Waals surface area contributed by atoms with Crippen LogP contribution in [0.5, 0.6) is 5.75 Å². The summed E-state index contributed by atoms with van der Waals surface area (Å²) in [5.41, 5.74) is 5.22. The van der Waals surface area contributed by atoms with Gasteiger partial charge in [0.15, 0.2) is 0 Å². The minimum Gasteiger partial charge on any atom is -0.496 e. The lowest BCUT2D eigenvalue weighted by molar-refractivity contribution is 0.398. The number of rotatable bonds is 6. The van der Waals surface area contributed by atoms with E-state index in [0.29, 0.717) is 6.04 Å². The monoisotopic (exact) mass is 283 g/mol. The van der Waals surface area contributed by atoms with E-state index < -0.39 is 0 Å². The van der Waals surface area contributed by atoms with Crippen LogP contribution in [0.2, 0.25) is 0 Å². The maximum Gasteiger partial charge on any atom is 0.123 e. The van der Waals surface area contributed by atoms with Crippen molar-refractivity contribution in [1.29, 1.82) is 0 Å². The van der Waals surface area contributed by atoms with Crippen LogP contribution in [-0.2, 0) is 6.42 Å². The second-order valence-electron chi connectivity index (χ2n) is 5.61. The van der Waals surface area contributed by atoms with Gasteiger partial charge in [0.25, 0.3) is 0 Å². The Balaban J connectivity index is 2.15. The number of nitrogens with one attached hydrogen (secondary N) is 1. The molecule has 1 atom stereocenters. The molecule has 2 nitrogen and oxygen atoms in total. The van der Waals surface area contributed by atoms with Gasteiger partial charge in [0.1, 0.15) is 5.75 Å². The summed E-state index contributed by atoms with van der Waals surface area (Å²) >= 11 is 0. The Morgan fingerprint density at radius 1 is 1.05 bits per heavy atom. The molecule has 0 fully saturated rings. The Morgan fingerprint density at radius 3 is 2.48 bits per heavy atom. The van der Waals surface area contributed by atoms with E-state index in [2.05, 4.69) is 61.6 Å². The topological polar surface area (TPSA) is 21.3 Å². The third-order valence-corrected chi connectivity index (χ3v) is 3.91. The molecule has 2 aromatic carbocycles.